The van der Waals surface area contributed by atoms with Gasteiger partial charge in [0.25, 0.3) is 11.5 Å². The maximum Gasteiger partial charge on any atom is 0.266 e. The number of hydrogen-bond acceptors (Lipinski definition) is 3. The number of nitrogens with zero attached hydrogens (tertiary/aromatic N) is 3. The third kappa shape index (κ3) is 4.55. The number of aromatic nitrogens is 2. The van der Waals surface area contributed by atoms with E-state index in [0.717, 1.165) is 6.42 Å². The van der Waals surface area contributed by atoms with Gasteiger partial charge in [0.2, 0.25) is 0 Å². The van der Waals surface area contributed by atoms with Crippen molar-refractivity contribution in [2.75, 3.05) is 6.54 Å². The molecule has 0 radical (unpaired) electrons. The molecule has 6 heteroatoms. The Morgan fingerprint density at radius 3 is 2.30 bits per heavy atom. The minimum Gasteiger partial charge on any atom is -0.328 e. The number of benzene rings is 3. The summed E-state index contributed by atoms with van der Waals surface area (Å²) in [6.07, 6.45) is 1.39. The van der Waals surface area contributed by atoms with E-state index in [-0.39, 0.29) is 17.5 Å². The monoisotopic (exact) mass is 459 g/mol. The predicted octanol–water partition coefficient (Wildman–Crippen LogP) is 6.04. The summed E-state index contributed by atoms with van der Waals surface area (Å²) in [4.78, 5) is 34.0. The lowest BCUT2D eigenvalue weighted by molar-refractivity contribution is 0.0659. The number of rotatable bonds is 7. The third-order valence-electron chi connectivity index (χ3n) is 5.69. The van der Waals surface area contributed by atoms with Crippen LogP contribution in [0.15, 0.2) is 83.7 Å². The number of fused-ring (bicyclic) bond motifs is 1. The fourth-order valence-electron chi connectivity index (χ4n) is 4.14. The zero-order chi connectivity index (χ0) is 23.4. The molecular formula is C27H26ClN3O2. The van der Waals surface area contributed by atoms with E-state index in [1.54, 1.807) is 34.9 Å². The highest BCUT2D eigenvalue weighted by Crippen LogP contribution is 2.28. The second-order valence-electron chi connectivity index (χ2n) is 7.89. The molecule has 5 nitrogen and oxygen atoms in total. The molecule has 1 amide bonds. The molecule has 0 bridgehead atoms. The Balaban J connectivity index is 1.95. The maximum absolute atomic E-state index is 13.7. The number of carbonyl (C=O) groups excluding carboxylic acids is 1. The Bertz CT molecular complexity index is 1320. The van der Waals surface area contributed by atoms with E-state index in [4.69, 9.17) is 16.6 Å². The summed E-state index contributed by atoms with van der Waals surface area (Å²) in [6.45, 7) is 4.60. The van der Waals surface area contributed by atoms with E-state index in [0.29, 0.717) is 46.0 Å². The van der Waals surface area contributed by atoms with Gasteiger partial charge in [-0.1, -0.05) is 55.8 Å². The Morgan fingerprint density at radius 1 is 0.970 bits per heavy atom. The van der Waals surface area contributed by atoms with Gasteiger partial charge >= 0.3 is 0 Å². The van der Waals surface area contributed by atoms with E-state index in [1.807, 2.05) is 67.3 Å². The van der Waals surface area contributed by atoms with Crippen LogP contribution >= 0.6 is 11.6 Å². The van der Waals surface area contributed by atoms with Gasteiger partial charge in [-0.25, -0.2) is 4.98 Å². The normalized spacial score (nSPS) is 12.0. The van der Waals surface area contributed by atoms with Crippen LogP contribution in [0.25, 0.3) is 16.6 Å². The molecular weight excluding hydrogens is 434 g/mol. The van der Waals surface area contributed by atoms with Crippen LogP contribution in [0.4, 0.5) is 0 Å². The Kier molecular flexibility index (Phi) is 6.90. The van der Waals surface area contributed by atoms with E-state index in [9.17, 15) is 9.59 Å². The van der Waals surface area contributed by atoms with Gasteiger partial charge in [0.1, 0.15) is 5.82 Å². The number of amides is 1. The number of para-hydroxylation sites is 1. The molecule has 0 N–H and O–H groups in total. The topological polar surface area (TPSA) is 55.2 Å². The molecule has 0 aliphatic heterocycles. The van der Waals surface area contributed by atoms with Crippen LogP contribution in [0.2, 0.25) is 5.02 Å². The molecule has 3 aromatic carbocycles. The summed E-state index contributed by atoms with van der Waals surface area (Å²) in [5.41, 5.74) is 1.73. The van der Waals surface area contributed by atoms with Crippen molar-refractivity contribution in [2.24, 2.45) is 0 Å². The van der Waals surface area contributed by atoms with Crippen molar-refractivity contribution in [1.82, 2.24) is 14.5 Å². The van der Waals surface area contributed by atoms with Crippen LogP contribution < -0.4 is 5.56 Å². The van der Waals surface area contributed by atoms with Gasteiger partial charge in [0.15, 0.2) is 0 Å². The van der Waals surface area contributed by atoms with Crippen molar-refractivity contribution in [3.8, 4) is 5.69 Å². The largest absolute Gasteiger partial charge is 0.328 e. The average Bonchev–Trinajstić information content (AvgIpc) is 2.85. The summed E-state index contributed by atoms with van der Waals surface area (Å²) in [5, 5.41) is 1.11. The first-order valence-corrected chi connectivity index (χ1v) is 11.6. The highest BCUT2D eigenvalue weighted by Gasteiger charge is 2.29. The fraction of sp³-hybridized carbons (Fsp3) is 0.222. The molecule has 1 atom stereocenters. The molecule has 1 aromatic heterocycles. The van der Waals surface area contributed by atoms with Crippen molar-refractivity contribution >= 4 is 28.4 Å². The Labute approximate surface area is 198 Å². The van der Waals surface area contributed by atoms with Gasteiger partial charge in [0, 0.05) is 17.1 Å². The smallest absolute Gasteiger partial charge is 0.266 e. The molecule has 0 aliphatic rings. The van der Waals surface area contributed by atoms with Gasteiger partial charge in [-0.15, -0.1) is 0 Å². The van der Waals surface area contributed by atoms with E-state index in [2.05, 4.69) is 0 Å². The van der Waals surface area contributed by atoms with Gasteiger partial charge in [-0.2, -0.15) is 0 Å². The minimum atomic E-state index is -0.384. The molecule has 33 heavy (non-hydrogen) atoms. The van der Waals surface area contributed by atoms with E-state index >= 15 is 0 Å². The van der Waals surface area contributed by atoms with Crippen LogP contribution in [-0.4, -0.2) is 26.9 Å². The van der Waals surface area contributed by atoms with Crippen LogP contribution in [0.3, 0.4) is 0 Å². The highest BCUT2D eigenvalue weighted by atomic mass is 35.5. The molecule has 4 rings (SSSR count). The van der Waals surface area contributed by atoms with Crippen molar-refractivity contribution in [3.05, 3.63) is 106 Å². The van der Waals surface area contributed by atoms with Crippen LogP contribution in [0.1, 0.15) is 48.9 Å². The zero-order valence-electron chi connectivity index (χ0n) is 18.7. The molecule has 0 saturated heterocycles. The summed E-state index contributed by atoms with van der Waals surface area (Å²) < 4.78 is 1.62. The summed E-state index contributed by atoms with van der Waals surface area (Å²) >= 11 is 6.11. The molecule has 0 saturated carbocycles. The van der Waals surface area contributed by atoms with Crippen molar-refractivity contribution in [1.29, 1.82) is 0 Å². The van der Waals surface area contributed by atoms with Gasteiger partial charge in [-0.05, 0) is 61.4 Å². The second-order valence-corrected chi connectivity index (χ2v) is 8.33. The summed E-state index contributed by atoms with van der Waals surface area (Å²) in [6, 6.07) is 23.3. The van der Waals surface area contributed by atoms with Gasteiger partial charge in [-0.3, -0.25) is 14.2 Å². The third-order valence-corrected chi connectivity index (χ3v) is 5.95. The molecule has 1 heterocycles. The van der Waals surface area contributed by atoms with E-state index < -0.39 is 0 Å². The van der Waals surface area contributed by atoms with Crippen molar-refractivity contribution in [2.45, 2.75) is 32.7 Å². The Morgan fingerprint density at radius 2 is 1.64 bits per heavy atom. The SMILES string of the molecule is CCCN(C(=O)c1ccccc1)C(CC)c1nc2ccccc2c(=O)n1-c1ccc(Cl)cc1. The molecule has 0 aliphatic carbocycles. The minimum absolute atomic E-state index is 0.0747. The maximum atomic E-state index is 13.7. The second kappa shape index (κ2) is 10.0. The van der Waals surface area contributed by atoms with E-state index in [1.165, 1.54) is 0 Å². The predicted molar refractivity (Wildman–Crippen MR) is 133 cm³/mol. The number of halogens is 1. The van der Waals surface area contributed by atoms with Crippen LogP contribution in [0, 0.1) is 0 Å². The molecule has 168 valence electrons. The van der Waals surface area contributed by atoms with Crippen molar-refractivity contribution < 1.29 is 4.79 Å². The molecule has 1 unspecified atom stereocenters. The summed E-state index contributed by atoms with van der Waals surface area (Å²) in [7, 11) is 0. The lowest BCUT2D eigenvalue weighted by Gasteiger charge is -2.32. The highest BCUT2D eigenvalue weighted by molar-refractivity contribution is 6.30. The standard InChI is InChI=1S/C27H26ClN3O2/c1-3-18-30(26(32)19-10-6-5-7-11-19)24(4-2)25-29-23-13-9-8-12-22(23)27(33)31(25)21-16-14-20(28)15-17-21/h5-17,24H,3-4,18H2,1-2H3. The van der Waals surface area contributed by atoms with Crippen LogP contribution in [-0.2, 0) is 0 Å². The molecule has 4 aromatic rings. The van der Waals surface area contributed by atoms with Crippen molar-refractivity contribution in [3.63, 3.8) is 0 Å². The van der Waals surface area contributed by atoms with Crippen LogP contribution in [0.5, 0.6) is 0 Å². The van der Waals surface area contributed by atoms with Gasteiger partial charge < -0.3 is 4.90 Å². The lowest BCUT2D eigenvalue weighted by Crippen LogP contribution is -2.39. The number of hydrogen-bond donors (Lipinski definition) is 0. The van der Waals surface area contributed by atoms with Gasteiger partial charge in [0.05, 0.1) is 22.6 Å². The Hall–Kier alpha value is -3.44. The number of carbonyl (C=O) groups is 1. The summed E-state index contributed by atoms with van der Waals surface area (Å²) in [5.74, 6) is 0.468. The fourth-order valence-corrected chi connectivity index (χ4v) is 4.27. The average molecular weight is 460 g/mol. The molecule has 0 spiro atoms. The molecule has 0 fully saturated rings. The first kappa shape index (κ1) is 22.7. The first-order valence-electron chi connectivity index (χ1n) is 11.2. The zero-order valence-corrected chi connectivity index (χ0v) is 19.5. The first-order chi connectivity index (χ1) is 16.0. The lowest BCUT2D eigenvalue weighted by atomic mass is 10.1. The quantitative estimate of drug-likeness (QED) is 0.338.